The molecular weight excluding hydrogens is 214 g/mol. The van der Waals surface area contributed by atoms with Crippen molar-refractivity contribution < 1.29 is 9.47 Å². The molecule has 3 nitrogen and oxygen atoms in total. The van der Waals surface area contributed by atoms with Gasteiger partial charge in [0.05, 0.1) is 6.10 Å². The summed E-state index contributed by atoms with van der Waals surface area (Å²) in [7, 11) is 1.77. The first-order valence-corrected chi connectivity index (χ1v) is 7.09. The van der Waals surface area contributed by atoms with Gasteiger partial charge < -0.3 is 14.8 Å². The van der Waals surface area contributed by atoms with Crippen molar-refractivity contribution in [3.05, 3.63) is 0 Å². The molecule has 1 spiro atoms. The Morgan fingerprint density at radius 3 is 2.71 bits per heavy atom. The standard InChI is InChI=1S/C14H27NO2/c1-4-17-13-10-12(14(13)7-5-8-14)15-11(2)6-9-16-3/h11-13,15H,4-10H2,1-3H3. The summed E-state index contributed by atoms with van der Waals surface area (Å²) in [5.41, 5.74) is 0.483. The fourth-order valence-electron chi connectivity index (χ4n) is 3.39. The molecule has 2 fully saturated rings. The molecule has 2 aliphatic carbocycles. The monoisotopic (exact) mass is 241 g/mol. The summed E-state index contributed by atoms with van der Waals surface area (Å²) in [5, 5.41) is 3.77. The van der Waals surface area contributed by atoms with Crippen molar-refractivity contribution in [3.63, 3.8) is 0 Å². The number of ether oxygens (including phenoxy) is 2. The van der Waals surface area contributed by atoms with Crippen LogP contribution in [0.25, 0.3) is 0 Å². The predicted molar refractivity (Wildman–Crippen MR) is 69.2 cm³/mol. The van der Waals surface area contributed by atoms with Gasteiger partial charge in [-0.15, -0.1) is 0 Å². The molecule has 0 amide bonds. The fourth-order valence-corrected chi connectivity index (χ4v) is 3.39. The van der Waals surface area contributed by atoms with Gasteiger partial charge in [-0.2, -0.15) is 0 Å². The molecule has 3 unspecified atom stereocenters. The Kier molecular flexibility index (Phi) is 4.45. The third kappa shape index (κ3) is 2.51. The zero-order valence-corrected chi connectivity index (χ0v) is 11.5. The Morgan fingerprint density at radius 2 is 2.18 bits per heavy atom. The fraction of sp³-hybridized carbons (Fsp3) is 1.00. The van der Waals surface area contributed by atoms with Gasteiger partial charge in [-0.05, 0) is 39.5 Å². The van der Waals surface area contributed by atoms with E-state index >= 15 is 0 Å². The van der Waals surface area contributed by atoms with Crippen LogP contribution in [0.1, 0.15) is 46.0 Å². The van der Waals surface area contributed by atoms with Gasteiger partial charge in [0.1, 0.15) is 0 Å². The van der Waals surface area contributed by atoms with Gasteiger partial charge in [0.2, 0.25) is 0 Å². The van der Waals surface area contributed by atoms with Crippen LogP contribution >= 0.6 is 0 Å². The van der Waals surface area contributed by atoms with Crippen molar-refractivity contribution in [1.29, 1.82) is 0 Å². The maximum absolute atomic E-state index is 5.86. The first-order chi connectivity index (χ1) is 8.23. The topological polar surface area (TPSA) is 30.5 Å². The molecule has 17 heavy (non-hydrogen) atoms. The van der Waals surface area contributed by atoms with E-state index in [4.69, 9.17) is 9.47 Å². The van der Waals surface area contributed by atoms with E-state index in [-0.39, 0.29) is 0 Å². The minimum Gasteiger partial charge on any atom is -0.385 e. The van der Waals surface area contributed by atoms with E-state index in [1.54, 1.807) is 7.11 Å². The van der Waals surface area contributed by atoms with Crippen molar-refractivity contribution in [2.75, 3.05) is 20.3 Å². The Labute approximate surface area is 105 Å². The summed E-state index contributed by atoms with van der Waals surface area (Å²) in [5.74, 6) is 0. The zero-order chi connectivity index (χ0) is 12.3. The lowest BCUT2D eigenvalue weighted by Crippen LogP contribution is -2.68. The molecule has 2 rings (SSSR count). The molecule has 0 aromatic rings. The summed E-state index contributed by atoms with van der Waals surface area (Å²) in [6.45, 7) is 6.08. The predicted octanol–water partition coefficient (Wildman–Crippen LogP) is 2.35. The molecule has 0 radical (unpaired) electrons. The van der Waals surface area contributed by atoms with E-state index < -0.39 is 0 Å². The van der Waals surface area contributed by atoms with Gasteiger partial charge in [0.25, 0.3) is 0 Å². The number of rotatable bonds is 7. The molecule has 100 valence electrons. The number of hydrogen-bond donors (Lipinski definition) is 1. The summed E-state index contributed by atoms with van der Waals surface area (Å²) in [6, 6.07) is 1.24. The average molecular weight is 241 g/mol. The molecule has 0 aromatic heterocycles. The lowest BCUT2D eigenvalue weighted by atomic mass is 9.51. The molecule has 3 heteroatoms. The Bertz CT molecular complexity index is 240. The molecule has 0 heterocycles. The molecule has 3 atom stereocenters. The van der Waals surface area contributed by atoms with Crippen LogP contribution < -0.4 is 5.32 Å². The van der Waals surface area contributed by atoms with E-state index in [0.717, 1.165) is 19.6 Å². The van der Waals surface area contributed by atoms with E-state index in [0.29, 0.717) is 23.6 Å². The highest BCUT2D eigenvalue weighted by atomic mass is 16.5. The second kappa shape index (κ2) is 5.68. The smallest absolute Gasteiger partial charge is 0.0661 e. The second-order valence-corrected chi connectivity index (χ2v) is 5.67. The molecule has 0 bridgehead atoms. The highest BCUT2D eigenvalue weighted by Crippen LogP contribution is 2.57. The molecule has 1 N–H and O–H groups in total. The minimum absolute atomic E-state index is 0.483. The van der Waals surface area contributed by atoms with E-state index in [1.165, 1.54) is 25.7 Å². The lowest BCUT2D eigenvalue weighted by molar-refractivity contribution is -0.174. The van der Waals surface area contributed by atoms with Crippen LogP contribution in [0.4, 0.5) is 0 Å². The summed E-state index contributed by atoms with van der Waals surface area (Å²) in [6.07, 6.45) is 6.91. The van der Waals surface area contributed by atoms with Gasteiger partial charge >= 0.3 is 0 Å². The van der Waals surface area contributed by atoms with Gasteiger partial charge in [-0.1, -0.05) is 6.42 Å². The lowest BCUT2D eigenvalue weighted by Gasteiger charge is -2.61. The van der Waals surface area contributed by atoms with Crippen molar-refractivity contribution in [2.24, 2.45) is 5.41 Å². The SMILES string of the molecule is CCOC1CC(NC(C)CCOC)C12CCC2. The van der Waals surface area contributed by atoms with Crippen molar-refractivity contribution in [2.45, 2.75) is 64.1 Å². The van der Waals surface area contributed by atoms with Crippen LogP contribution in [-0.2, 0) is 9.47 Å². The van der Waals surface area contributed by atoms with Crippen LogP contribution in [0.15, 0.2) is 0 Å². The van der Waals surface area contributed by atoms with Crippen LogP contribution in [-0.4, -0.2) is 38.5 Å². The number of hydrogen-bond acceptors (Lipinski definition) is 3. The quantitative estimate of drug-likeness (QED) is 0.742. The Morgan fingerprint density at radius 1 is 1.41 bits per heavy atom. The van der Waals surface area contributed by atoms with Crippen LogP contribution in [0.5, 0.6) is 0 Å². The molecule has 2 saturated carbocycles. The Hall–Kier alpha value is -0.120. The maximum atomic E-state index is 5.86. The van der Waals surface area contributed by atoms with Crippen molar-refractivity contribution >= 4 is 0 Å². The first kappa shape index (κ1) is 13.3. The van der Waals surface area contributed by atoms with E-state index in [2.05, 4.69) is 19.2 Å². The zero-order valence-electron chi connectivity index (χ0n) is 11.5. The number of methoxy groups -OCH3 is 1. The summed E-state index contributed by atoms with van der Waals surface area (Å²) < 4.78 is 11.0. The van der Waals surface area contributed by atoms with Crippen LogP contribution in [0, 0.1) is 5.41 Å². The van der Waals surface area contributed by atoms with Gasteiger partial charge in [-0.3, -0.25) is 0 Å². The minimum atomic E-state index is 0.483. The summed E-state index contributed by atoms with van der Waals surface area (Å²) >= 11 is 0. The van der Waals surface area contributed by atoms with Crippen molar-refractivity contribution in [3.8, 4) is 0 Å². The molecular formula is C14H27NO2. The Balaban J connectivity index is 1.78. The number of nitrogens with one attached hydrogen (secondary N) is 1. The van der Waals surface area contributed by atoms with Crippen LogP contribution in [0.3, 0.4) is 0 Å². The third-order valence-corrected chi connectivity index (χ3v) is 4.68. The average Bonchev–Trinajstić information content (AvgIpc) is 2.22. The second-order valence-electron chi connectivity index (χ2n) is 5.67. The normalized spacial score (nSPS) is 31.9. The molecule has 0 aromatic carbocycles. The highest BCUT2D eigenvalue weighted by molar-refractivity contribution is 5.12. The van der Waals surface area contributed by atoms with Crippen molar-refractivity contribution in [1.82, 2.24) is 5.32 Å². The molecule has 2 aliphatic rings. The molecule has 0 aliphatic heterocycles. The van der Waals surface area contributed by atoms with E-state index in [9.17, 15) is 0 Å². The maximum Gasteiger partial charge on any atom is 0.0661 e. The molecule has 0 saturated heterocycles. The van der Waals surface area contributed by atoms with Gasteiger partial charge in [-0.25, -0.2) is 0 Å². The third-order valence-electron chi connectivity index (χ3n) is 4.68. The summed E-state index contributed by atoms with van der Waals surface area (Å²) in [4.78, 5) is 0. The van der Waals surface area contributed by atoms with Crippen LogP contribution in [0.2, 0.25) is 0 Å². The first-order valence-electron chi connectivity index (χ1n) is 7.09. The largest absolute Gasteiger partial charge is 0.385 e. The highest BCUT2D eigenvalue weighted by Gasteiger charge is 2.58. The van der Waals surface area contributed by atoms with Gasteiger partial charge in [0, 0.05) is 37.8 Å². The van der Waals surface area contributed by atoms with Gasteiger partial charge in [0.15, 0.2) is 0 Å². The van der Waals surface area contributed by atoms with E-state index in [1.807, 2.05) is 0 Å².